The van der Waals surface area contributed by atoms with Gasteiger partial charge in [-0.25, -0.2) is 0 Å². The summed E-state index contributed by atoms with van der Waals surface area (Å²) in [6.07, 6.45) is 1.21. The van der Waals surface area contributed by atoms with Gasteiger partial charge in [0, 0.05) is 0 Å². The highest BCUT2D eigenvalue weighted by atomic mass is 32.2. The van der Waals surface area contributed by atoms with Gasteiger partial charge in [0.05, 0.1) is 6.42 Å². The van der Waals surface area contributed by atoms with Crippen LogP contribution in [0.1, 0.15) is 52.4 Å². The molecular formula is C12H25AlO7S. The van der Waals surface area contributed by atoms with Gasteiger partial charge < -0.3 is 10.2 Å². The van der Waals surface area contributed by atoms with Crippen LogP contribution >= 0.6 is 0 Å². The summed E-state index contributed by atoms with van der Waals surface area (Å²) in [4.78, 5) is 22.1. The first-order valence-electron chi connectivity index (χ1n) is 6.53. The SMILES string of the molecule is CCCCC(CC)CC(CC(=O)O)(C(=O)O)S(=O)(=O)O.[AlH3]. The maximum Gasteiger partial charge on any atom is 0.328 e. The second kappa shape index (κ2) is 9.41. The fraction of sp³-hybridized carbons (Fsp3) is 0.833. The molecule has 0 aromatic carbocycles. The van der Waals surface area contributed by atoms with Crippen LogP contribution < -0.4 is 0 Å². The second-order valence-electron chi connectivity index (χ2n) is 4.97. The summed E-state index contributed by atoms with van der Waals surface area (Å²) in [6.45, 7) is 3.72. The topological polar surface area (TPSA) is 129 Å². The molecule has 0 bridgehead atoms. The van der Waals surface area contributed by atoms with Crippen molar-refractivity contribution < 1.29 is 32.8 Å². The van der Waals surface area contributed by atoms with E-state index in [1.54, 1.807) is 6.92 Å². The molecule has 2 atom stereocenters. The van der Waals surface area contributed by atoms with Crippen LogP contribution in [-0.2, 0) is 19.7 Å². The zero-order valence-corrected chi connectivity index (χ0v) is 12.5. The standard InChI is InChI=1S/C12H22O7S.Al.3H/c1-3-5-6-9(4-2)7-12(11(15)16,8-10(13)14)20(17,18)19;;;;/h9H,3-8H2,1-2H3,(H,13,14)(H,15,16)(H,17,18,19);;;;. The number of carboxylic acids is 2. The number of carboxylic acid groups (broad SMARTS) is 2. The number of aliphatic carboxylic acids is 2. The molecule has 21 heavy (non-hydrogen) atoms. The summed E-state index contributed by atoms with van der Waals surface area (Å²) in [5, 5.41) is 18.0. The molecule has 9 heteroatoms. The van der Waals surface area contributed by atoms with Gasteiger partial charge in [0.1, 0.15) is 0 Å². The van der Waals surface area contributed by atoms with Crippen LogP contribution in [0.2, 0.25) is 0 Å². The van der Waals surface area contributed by atoms with E-state index in [0.717, 1.165) is 12.8 Å². The van der Waals surface area contributed by atoms with E-state index in [1.165, 1.54) is 0 Å². The fourth-order valence-corrected chi connectivity index (χ4v) is 3.17. The third kappa shape index (κ3) is 6.34. The Morgan fingerprint density at radius 1 is 1.19 bits per heavy atom. The summed E-state index contributed by atoms with van der Waals surface area (Å²) < 4.78 is 29.5. The van der Waals surface area contributed by atoms with Crippen LogP contribution in [0.25, 0.3) is 0 Å². The van der Waals surface area contributed by atoms with E-state index in [9.17, 15) is 27.7 Å². The van der Waals surface area contributed by atoms with Gasteiger partial charge in [-0.15, -0.1) is 0 Å². The molecule has 0 aromatic rings. The van der Waals surface area contributed by atoms with Crippen LogP contribution in [0, 0.1) is 5.92 Å². The maximum absolute atomic E-state index is 11.5. The van der Waals surface area contributed by atoms with Gasteiger partial charge >= 0.3 is 11.9 Å². The van der Waals surface area contributed by atoms with Gasteiger partial charge in [-0.3, -0.25) is 14.1 Å². The first-order chi connectivity index (χ1) is 9.10. The largest absolute Gasteiger partial charge is 0.481 e. The molecule has 0 saturated heterocycles. The Hall–Kier alpha value is -0.618. The van der Waals surface area contributed by atoms with Crippen molar-refractivity contribution >= 4 is 39.4 Å². The van der Waals surface area contributed by atoms with Gasteiger partial charge in [-0.05, 0) is 12.3 Å². The molecule has 0 aliphatic rings. The smallest absolute Gasteiger partial charge is 0.328 e. The lowest BCUT2D eigenvalue weighted by atomic mass is 9.86. The molecule has 0 rings (SSSR count). The molecular weight excluding hydrogens is 315 g/mol. The predicted octanol–water partition coefficient (Wildman–Crippen LogP) is 0.595. The van der Waals surface area contributed by atoms with Gasteiger partial charge in [-0.2, -0.15) is 8.42 Å². The summed E-state index contributed by atoms with van der Waals surface area (Å²) in [6, 6.07) is 0. The lowest BCUT2D eigenvalue weighted by Gasteiger charge is -2.28. The number of hydrogen-bond donors (Lipinski definition) is 3. The predicted molar refractivity (Wildman–Crippen MR) is 82.0 cm³/mol. The zero-order valence-electron chi connectivity index (χ0n) is 11.7. The van der Waals surface area contributed by atoms with Gasteiger partial charge in [0.25, 0.3) is 10.1 Å². The van der Waals surface area contributed by atoms with E-state index >= 15 is 0 Å². The molecule has 3 N–H and O–H groups in total. The molecule has 0 aliphatic carbocycles. The quantitative estimate of drug-likeness (QED) is 0.392. The number of carbonyl (C=O) groups is 2. The first-order valence-corrected chi connectivity index (χ1v) is 7.97. The van der Waals surface area contributed by atoms with E-state index in [4.69, 9.17) is 5.11 Å². The van der Waals surface area contributed by atoms with E-state index in [1.807, 2.05) is 6.92 Å². The molecule has 0 fully saturated rings. The van der Waals surface area contributed by atoms with Crippen molar-refractivity contribution in [2.45, 2.75) is 57.1 Å². The van der Waals surface area contributed by atoms with Crippen LogP contribution in [-0.4, -0.2) is 57.2 Å². The molecule has 0 radical (unpaired) electrons. The van der Waals surface area contributed by atoms with Crippen molar-refractivity contribution in [1.29, 1.82) is 0 Å². The van der Waals surface area contributed by atoms with Crippen LogP contribution in [0.15, 0.2) is 0 Å². The van der Waals surface area contributed by atoms with Gasteiger partial charge in [0.15, 0.2) is 17.4 Å². The van der Waals surface area contributed by atoms with Crippen LogP contribution in [0.4, 0.5) is 0 Å². The Morgan fingerprint density at radius 2 is 1.71 bits per heavy atom. The molecule has 0 aromatic heterocycles. The lowest BCUT2D eigenvalue weighted by Crippen LogP contribution is -2.49. The minimum atomic E-state index is -5.03. The summed E-state index contributed by atoms with van der Waals surface area (Å²) >= 11 is 0. The van der Waals surface area contributed by atoms with Crippen molar-refractivity contribution in [3.63, 3.8) is 0 Å². The zero-order chi connectivity index (χ0) is 16.0. The normalized spacial score (nSPS) is 15.6. The number of unbranched alkanes of at least 4 members (excludes halogenated alkanes) is 1. The van der Waals surface area contributed by atoms with Crippen molar-refractivity contribution in [3.8, 4) is 0 Å². The Labute approximate surface area is 135 Å². The molecule has 124 valence electrons. The lowest BCUT2D eigenvalue weighted by molar-refractivity contribution is -0.147. The molecule has 0 aliphatic heterocycles. The van der Waals surface area contributed by atoms with Crippen molar-refractivity contribution in [2.24, 2.45) is 5.92 Å². The van der Waals surface area contributed by atoms with Crippen molar-refractivity contribution in [2.75, 3.05) is 0 Å². The van der Waals surface area contributed by atoms with Crippen LogP contribution in [0.3, 0.4) is 0 Å². The Morgan fingerprint density at radius 3 is 2.00 bits per heavy atom. The Bertz CT molecular complexity index is 449. The summed E-state index contributed by atoms with van der Waals surface area (Å²) in [7, 11) is -5.03. The van der Waals surface area contributed by atoms with E-state index < -0.39 is 39.6 Å². The molecule has 0 spiro atoms. The van der Waals surface area contributed by atoms with E-state index in [2.05, 4.69) is 0 Å². The second-order valence-corrected chi connectivity index (χ2v) is 6.70. The Balaban J connectivity index is 0. The minimum absolute atomic E-state index is 0. The third-order valence-electron chi connectivity index (χ3n) is 3.48. The number of hydrogen-bond acceptors (Lipinski definition) is 4. The first kappa shape index (κ1) is 22.7. The van der Waals surface area contributed by atoms with E-state index in [-0.39, 0.29) is 23.3 Å². The average Bonchev–Trinajstić information content (AvgIpc) is 2.30. The molecule has 2 unspecified atom stereocenters. The minimum Gasteiger partial charge on any atom is -0.481 e. The maximum atomic E-state index is 11.5. The molecule has 0 saturated carbocycles. The number of rotatable bonds is 10. The van der Waals surface area contributed by atoms with Gasteiger partial charge in [0.2, 0.25) is 4.75 Å². The highest BCUT2D eigenvalue weighted by molar-refractivity contribution is 7.88. The highest BCUT2D eigenvalue weighted by Gasteiger charge is 2.53. The van der Waals surface area contributed by atoms with Gasteiger partial charge in [-0.1, -0.05) is 39.5 Å². The fourth-order valence-electron chi connectivity index (χ4n) is 2.20. The molecule has 7 nitrogen and oxygen atoms in total. The average molecular weight is 340 g/mol. The van der Waals surface area contributed by atoms with Crippen LogP contribution in [0.5, 0.6) is 0 Å². The van der Waals surface area contributed by atoms with Crippen molar-refractivity contribution in [1.82, 2.24) is 0 Å². The summed E-state index contributed by atoms with van der Waals surface area (Å²) in [5.74, 6) is -3.67. The van der Waals surface area contributed by atoms with Crippen molar-refractivity contribution in [3.05, 3.63) is 0 Å². The highest BCUT2D eigenvalue weighted by Crippen LogP contribution is 2.33. The molecule has 0 amide bonds. The third-order valence-corrected chi connectivity index (χ3v) is 4.96. The Kier molecular flexibility index (Phi) is 10.2. The summed E-state index contributed by atoms with van der Waals surface area (Å²) in [5.41, 5.74) is 0. The monoisotopic (exact) mass is 340 g/mol. The molecule has 0 heterocycles. The van der Waals surface area contributed by atoms with E-state index in [0.29, 0.717) is 12.8 Å².